The Morgan fingerprint density at radius 3 is 2.68 bits per heavy atom. The monoisotopic (exact) mass is 552 g/mol. The van der Waals surface area contributed by atoms with E-state index in [1.807, 2.05) is 12.1 Å². The lowest BCUT2D eigenvalue weighted by atomic mass is 10.2. The normalized spacial score (nSPS) is 16.2. The minimum absolute atomic E-state index is 0.157. The second-order valence-corrected chi connectivity index (χ2v) is 8.55. The lowest BCUT2D eigenvalue weighted by Gasteiger charge is -2.10. The standard InChI is InChI=1S/C22H21IN2O5S/c1-5-30-21(27)14-7-6-8-15(12-14)24-22-25(2)20(26)18(31-22)11-13-9-16(23)19(29-4)17(10-13)28-3/h6-12H,5H2,1-4H3. The number of thioether (sulfide) groups is 1. The number of rotatable bonds is 6. The highest BCUT2D eigenvalue weighted by molar-refractivity contribution is 14.1. The second-order valence-electron chi connectivity index (χ2n) is 6.38. The van der Waals surface area contributed by atoms with Crippen molar-refractivity contribution in [2.24, 2.45) is 4.99 Å². The molecule has 1 heterocycles. The molecule has 0 spiro atoms. The SMILES string of the molecule is CCOC(=O)c1cccc(N=C2SC(=Cc3cc(I)c(OC)c(OC)c3)C(=O)N2C)c1. The largest absolute Gasteiger partial charge is 0.493 e. The van der Waals surface area contributed by atoms with Crippen LogP contribution in [0.4, 0.5) is 5.69 Å². The molecule has 0 aromatic heterocycles. The molecular weight excluding hydrogens is 531 g/mol. The van der Waals surface area contributed by atoms with Gasteiger partial charge in [-0.1, -0.05) is 6.07 Å². The van der Waals surface area contributed by atoms with Crippen molar-refractivity contribution in [3.63, 3.8) is 0 Å². The molecule has 0 radical (unpaired) electrons. The number of benzene rings is 2. The molecule has 1 amide bonds. The van der Waals surface area contributed by atoms with E-state index in [1.165, 1.54) is 16.7 Å². The molecule has 2 aromatic rings. The van der Waals surface area contributed by atoms with Gasteiger partial charge in [-0.05, 0) is 83.2 Å². The maximum Gasteiger partial charge on any atom is 0.338 e. The molecule has 0 unspecified atom stereocenters. The molecular formula is C22H21IN2O5S. The van der Waals surface area contributed by atoms with Crippen molar-refractivity contribution in [3.8, 4) is 11.5 Å². The third-order valence-corrected chi connectivity index (χ3v) is 6.20. The number of methoxy groups -OCH3 is 2. The number of hydrogen-bond acceptors (Lipinski definition) is 7. The number of hydrogen-bond donors (Lipinski definition) is 0. The van der Waals surface area contributed by atoms with Gasteiger partial charge < -0.3 is 14.2 Å². The molecule has 162 valence electrons. The zero-order valence-electron chi connectivity index (χ0n) is 17.5. The third kappa shape index (κ3) is 5.21. The molecule has 0 aliphatic carbocycles. The molecule has 0 atom stereocenters. The summed E-state index contributed by atoms with van der Waals surface area (Å²) in [5.41, 5.74) is 1.79. The quantitative estimate of drug-likeness (QED) is 0.294. The topological polar surface area (TPSA) is 77.4 Å². The van der Waals surface area contributed by atoms with Crippen molar-refractivity contribution >= 4 is 63.2 Å². The Hall–Kier alpha value is -2.53. The summed E-state index contributed by atoms with van der Waals surface area (Å²) in [5, 5.41) is 0.521. The van der Waals surface area contributed by atoms with E-state index >= 15 is 0 Å². The summed E-state index contributed by atoms with van der Waals surface area (Å²) in [6.45, 7) is 2.05. The Labute approximate surface area is 198 Å². The molecule has 1 aliphatic heterocycles. The van der Waals surface area contributed by atoms with Crippen molar-refractivity contribution < 1.29 is 23.8 Å². The summed E-state index contributed by atoms with van der Waals surface area (Å²) in [6, 6.07) is 10.5. The molecule has 7 nitrogen and oxygen atoms in total. The molecule has 2 aromatic carbocycles. The highest BCUT2D eigenvalue weighted by atomic mass is 127. The van der Waals surface area contributed by atoms with Crippen LogP contribution in [-0.2, 0) is 9.53 Å². The van der Waals surface area contributed by atoms with E-state index in [0.717, 1.165) is 9.13 Å². The first kappa shape index (κ1) is 23.1. The second kappa shape index (κ2) is 10.2. The summed E-state index contributed by atoms with van der Waals surface area (Å²) < 4.78 is 16.7. The minimum atomic E-state index is -0.406. The van der Waals surface area contributed by atoms with Crippen molar-refractivity contribution in [1.29, 1.82) is 0 Å². The number of likely N-dealkylation sites (N-methyl/N-ethyl adjacent to an activating group) is 1. The molecule has 1 fully saturated rings. The van der Waals surface area contributed by atoms with Gasteiger partial charge in [0.2, 0.25) is 0 Å². The number of carbonyl (C=O) groups is 2. The fourth-order valence-corrected chi connectivity index (χ4v) is 4.68. The van der Waals surface area contributed by atoms with Gasteiger partial charge in [-0.2, -0.15) is 0 Å². The van der Waals surface area contributed by atoms with E-state index in [2.05, 4.69) is 27.6 Å². The van der Waals surface area contributed by atoms with Crippen LogP contribution in [0, 0.1) is 3.57 Å². The first-order valence-electron chi connectivity index (χ1n) is 9.33. The van der Waals surface area contributed by atoms with Crippen molar-refractivity contribution in [1.82, 2.24) is 4.90 Å². The van der Waals surface area contributed by atoms with Gasteiger partial charge in [0.05, 0.1) is 40.6 Å². The Kier molecular flexibility index (Phi) is 7.60. The van der Waals surface area contributed by atoms with Gasteiger partial charge >= 0.3 is 5.97 Å². The van der Waals surface area contributed by atoms with E-state index < -0.39 is 5.97 Å². The molecule has 0 N–H and O–H groups in total. The highest BCUT2D eigenvalue weighted by Gasteiger charge is 2.30. The van der Waals surface area contributed by atoms with Crippen LogP contribution < -0.4 is 9.47 Å². The van der Waals surface area contributed by atoms with Gasteiger partial charge in [-0.3, -0.25) is 9.69 Å². The number of nitrogens with zero attached hydrogens (tertiary/aromatic N) is 2. The van der Waals surface area contributed by atoms with Crippen molar-refractivity contribution in [3.05, 3.63) is 56.0 Å². The van der Waals surface area contributed by atoms with Crippen LogP contribution in [0.3, 0.4) is 0 Å². The van der Waals surface area contributed by atoms with Crippen molar-refractivity contribution in [2.45, 2.75) is 6.92 Å². The van der Waals surface area contributed by atoms with Gasteiger partial charge in [0, 0.05) is 7.05 Å². The Morgan fingerprint density at radius 2 is 2.00 bits per heavy atom. The number of ether oxygens (including phenoxy) is 3. The van der Waals surface area contributed by atoms with Gasteiger partial charge in [-0.15, -0.1) is 0 Å². The Balaban J connectivity index is 1.90. The number of halogens is 1. The average Bonchev–Trinajstić information content (AvgIpc) is 3.01. The van der Waals surface area contributed by atoms with E-state index in [9.17, 15) is 9.59 Å². The van der Waals surface area contributed by atoms with Gasteiger partial charge in [0.1, 0.15) is 0 Å². The van der Waals surface area contributed by atoms with Crippen LogP contribution in [-0.4, -0.2) is 49.8 Å². The summed E-state index contributed by atoms with van der Waals surface area (Å²) in [6.07, 6.45) is 1.80. The third-order valence-electron chi connectivity index (χ3n) is 4.34. The molecule has 31 heavy (non-hydrogen) atoms. The van der Waals surface area contributed by atoms with E-state index in [1.54, 1.807) is 58.5 Å². The average molecular weight is 552 g/mol. The molecule has 3 rings (SSSR count). The van der Waals surface area contributed by atoms with Crippen LogP contribution in [0.2, 0.25) is 0 Å². The Morgan fingerprint density at radius 1 is 1.23 bits per heavy atom. The van der Waals surface area contributed by atoms with Crippen molar-refractivity contribution in [2.75, 3.05) is 27.9 Å². The zero-order chi connectivity index (χ0) is 22.5. The summed E-state index contributed by atoms with van der Waals surface area (Å²) in [5.74, 6) is 0.679. The van der Waals surface area contributed by atoms with Crippen LogP contribution in [0.25, 0.3) is 6.08 Å². The number of esters is 1. The van der Waals surface area contributed by atoms with E-state index in [-0.39, 0.29) is 5.91 Å². The fraction of sp³-hybridized carbons (Fsp3) is 0.227. The lowest BCUT2D eigenvalue weighted by molar-refractivity contribution is -0.121. The first-order valence-corrected chi connectivity index (χ1v) is 11.2. The van der Waals surface area contributed by atoms with E-state index in [4.69, 9.17) is 14.2 Å². The smallest absolute Gasteiger partial charge is 0.338 e. The molecule has 1 saturated heterocycles. The number of amidine groups is 1. The number of amides is 1. The molecule has 0 saturated carbocycles. The van der Waals surface area contributed by atoms with Crippen LogP contribution in [0.15, 0.2) is 46.3 Å². The van der Waals surface area contributed by atoms with Gasteiger partial charge in [-0.25, -0.2) is 9.79 Å². The fourth-order valence-electron chi connectivity index (χ4n) is 2.85. The number of carbonyl (C=O) groups excluding carboxylic acids is 2. The molecule has 0 bridgehead atoms. The van der Waals surface area contributed by atoms with Gasteiger partial charge in [0.25, 0.3) is 5.91 Å². The maximum atomic E-state index is 12.8. The Bertz CT molecular complexity index is 1080. The number of aliphatic imine (C=N–C) groups is 1. The van der Waals surface area contributed by atoms with Crippen LogP contribution in [0.1, 0.15) is 22.8 Å². The summed E-state index contributed by atoms with van der Waals surface area (Å²) in [4.78, 5) is 31.3. The van der Waals surface area contributed by atoms with E-state index in [0.29, 0.717) is 39.4 Å². The molecule has 1 aliphatic rings. The predicted molar refractivity (Wildman–Crippen MR) is 130 cm³/mol. The highest BCUT2D eigenvalue weighted by Crippen LogP contribution is 2.37. The molecule has 9 heteroatoms. The summed E-state index contributed by atoms with van der Waals surface area (Å²) in [7, 11) is 4.83. The lowest BCUT2D eigenvalue weighted by Crippen LogP contribution is -2.23. The predicted octanol–water partition coefficient (Wildman–Crippen LogP) is 4.72. The van der Waals surface area contributed by atoms with Crippen LogP contribution >= 0.6 is 34.4 Å². The maximum absolute atomic E-state index is 12.8. The van der Waals surface area contributed by atoms with Crippen LogP contribution in [0.5, 0.6) is 11.5 Å². The zero-order valence-corrected chi connectivity index (χ0v) is 20.4. The first-order chi connectivity index (χ1) is 14.9. The summed E-state index contributed by atoms with van der Waals surface area (Å²) >= 11 is 3.43. The van der Waals surface area contributed by atoms with Gasteiger partial charge in [0.15, 0.2) is 16.7 Å². The minimum Gasteiger partial charge on any atom is -0.493 e.